The fraction of sp³-hybridized carbons (Fsp3) is 0.400. The summed E-state index contributed by atoms with van der Waals surface area (Å²) in [5, 5.41) is 1.17. The zero-order chi connectivity index (χ0) is 23.3. The number of ether oxygens (including phenoxy) is 1. The Labute approximate surface area is 193 Å². The molecule has 6 nitrogen and oxygen atoms in total. The van der Waals surface area contributed by atoms with Gasteiger partial charge < -0.3 is 4.74 Å². The van der Waals surface area contributed by atoms with Crippen molar-refractivity contribution in [1.82, 2.24) is 14.5 Å². The Morgan fingerprint density at radius 2 is 1.72 bits per heavy atom. The third-order valence-corrected chi connectivity index (χ3v) is 6.46. The van der Waals surface area contributed by atoms with Gasteiger partial charge in [0.15, 0.2) is 10.9 Å². The Balaban J connectivity index is 1.87. The lowest BCUT2D eigenvalue weighted by Gasteiger charge is -2.30. The number of carbonyl (C=O) groups is 1. The highest BCUT2D eigenvalue weighted by atomic mass is 32.2. The van der Waals surface area contributed by atoms with Crippen molar-refractivity contribution in [1.29, 1.82) is 0 Å². The van der Waals surface area contributed by atoms with Crippen LogP contribution >= 0.6 is 11.8 Å². The van der Waals surface area contributed by atoms with Crippen molar-refractivity contribution < 1.29 is 9.53 Å². The Morgan fingerprint density at radius 1 is 1.06 bits per heavy atom. The average Bonchev–Trinajstić information content (AvgIpc) is 2.78. The van der Waals surface area contributed by atoms with Gasteiger partial charge in [0.05, 0.1) is 23.8 Å². The summed E-state index contributed by atoms with van der Waals surface area (Å²) in [6.45, 7) is 9.88. The van der Waals surface area contributed by atoms with E-state index >= 15 is 0 Å². The van der Waals surface area contributed by atoms with Crippen molar-refractivity contribution in [2.24, 2.45) is 0 Å². The van der Waals surface area contributed by atoms with E-state index in [1.54, 1.807) is 42.0 Å². The predicted molar refractivity (Wildman–Crippen MR) is 131 cm³/mol. The topological polar surface area (TPSA) is 64.4 Å². The van der Waals surface area contributed by atoms with Crippen molar-refractivity contribution in [3.05, 3.63) is 64.4 Å². The van der Waals surface area contributed by atoms with E-state index in [0.29, 0.717) is 46.0 Å². The van der Waals surface area contributed by atoms with Gasteiger partial charge in [-0.25, -0.2) is 4.98 Å². The van der Waals surface area contributed by atoms with Crippen LogP contribution in [0.5, 0.6) is 5.75 Å². The molecule has 2 aromatic carbocycles. The molecule has 1 heterocycles. The number of nitrogens with zero attached hydrogens (tertiary/aromatic N) is 3. The molecule has 3 rings (SSSR count). The summed E-state index contributed by atoms with van der Waals surface area (Å²) >= 11 is 1.31. The van der Waals surface area contributed by atoms with Gasteiger partial charge in [-0.3, -0.25) is 19.1 Å². The number of Topliss-reactive ketones (excluding diaryl/α,β-unsaturated/α-hetero) is 1. The van der Waals surface area contributed by atoms with E-state index < -0.39 is 0 Å². The lowest BCUT2D eigenvalue weighted by atomic mass is 10.1. The average molecular weight is 454 g/mol. The van der Waals surface area contributed by atoms with Crippen LogP contribution in [0, 0.1) is 0 Å². The first-order chi connectivity index (χ1) is 15.3. The van der Waals surface area contributed by atoms with Crippen LogP contribution in [0.3, 0.4) is 0 Å². The van der Waals surface area contributed by atoms with Gasteiger partial charge >= 0.3 is 0 Å². The molecular formula is C25H31N3O3S. The normalized spacial score (nSPS) is 11.6. The first-order valence-corrected chi connectivity index (χ1v) is 11.9. The van der Waals surface area contributed by atoms with Crippen LogP contribution in [0.4, 0.5) is 0 Å². The summed E-state index contributed by atoms with van der Waals surface area (Å²) in [6.07, 6.45) is 0. The molecule has 0 atom stereocenters. The van der Waals surface area contributed by atoms with E-state index in [-0.39, 0.29) is 17.1 Å². The molecule has 0 amide bonds. The number of fused-ring (bicyclic) bond motifs is 1. The van der Waals surface area contributed by atoms with Crippen LogP contribution < -0.4 is 10.3 Å². The number of rotatable bonds is 10. The van der Waals surface area contributed by atoms with Gasteiger partial charge in [0.2, 0.25) is 0 Å². The number of aromatic nitrogens is 2. The maximum Gasteiger partial charge on any atom is 0.262 e. The summed E-state index contributed by atoms with van der Waals surface area (Å²) in [7, 11) is 1.59. The Hall–Kier alpha value is -2.64. The molecule has 0 saturated heterocycles. The molecule has 0 bridgehead atoms. The molecule has 7 heteroatoms. The highest BCUT2D eigenvalue weighted by Gasteiger charge is 2.17. The fourth-order valence-electron chi connectivity index (χ4n) is 3.77. The molecular weight excluding hydrogens is 422 g/mol. The van der Waals surface area contributed by atoms with Crippen molar-refractivity contribution in [2.45, 2.75) is 51.5 Å². The zero-order valence-electron chi connectivity index (χ0n) is 19.4. The van der Waals surface area contributed by atoms with Gasteiger partial charge in [-0.2, -0.15) is 0 Å². The minimum Gasteiger partial charge on any atom is -0.497 e. The number of benzene rings is 2. The zero-order valence-corrected chi connectivity index (χ0v) is 20.2. The van der Waals surface area contributed by atoms with Crippen LogP contribution in [-0.2, 0) is 6.54 Å². The largest absolute Gasteiger partial charge is 0.497 e. The van der Waals surface area contributed by atoms with Gasteiger partial charge in [0.25, 0.3) is 5.56 Å². The second-order valence-corrected chi connectivity index (χ2v) is 9.18. The first kappa shape index (κ1) is 24.0. The summed E-state index contributed by atoms with van der Waals surface area (Å²) < 4.78 is 6.87. The molecule has 170 valence electrons. The molecule has 0 aliphatic carbocycles. The molecule has 0 aliphatic heterocycles. The van der Waals surface area contributed by atoms with Crippen molar-refractivity contribution in [3.63, 3.8) is 0 Å². The minimum atomic E-state index is -0.0672. The second-order valence-electron chi connectivity index (χ2n) is 8.23. The van der Waals surface area contributed by atoms with E-state index in [4.69, 9.17) is 9.72 Å². The third kappa shape index (κ3) is 5.58. The van der Waals surface area contributed by atoms with E-state index in [0.717, 1.165) is 6.54 Å². The SMILES string of the molecule is COc1ccc(C(=O)CSc2nc3ccccc3c(=O)n2CCN(C(C)C)C(C)C)cc1. The second kappa shape index (κ2) is 10.8. The number of hydrogen-bond donors (Lipinski definition) is 0. The fourth-order valence-corrected chi connectivity index (χ4v) is 4.69. The molecule has 32 heavy (non-hydrogen) atoms. The number of para-hydroxylation sites is 1. The van der Waals surface area contributed by atoms with Crippen LogP contribution in [0.1, 0.15) is 38.1 Å². The highest BCUT2D eigenvalue weighted by Crippen LogP contribution is 2.21. The molecule has 0 fully saturated rings. The van der Waals surface area contributed by atoms with Crippen LogP contribution in [0.2, 0.25) is 0 Å². The highest BCUT2D eigenvalue weighted by molar-refractivity contribution is 7.99. The molecule has 1 aromatic heterocycles. The smallest absolute Gasteiger partial charge is 0.262 e. The summed E-state index contributed by atoms with van der Waals surface area (Å²) in [5.74, 6) is 0.895. The van der Waals surface area contributed by atoms with Crippen molar-refractivity contribution in [3.8, 4) is 5.75 Å². The summed E-state index contributed by atoms with van der Waals surface area (Å²) in [4.78, 5) is 33.1. The lowest BCUT2D eigenvalue weighted by Crippen LogP contribution is -2.40. The molecule has 0 spiro atoms. The van der Waals surface area contributed by atoms with Gasteiger partial charge in [-0.15, -0.1) is 0 Å². The number of ketones is 1. The molecule has 0 unspecified atom stereocenters. The van der Waals surface area contributed by atoms with Gasteiger partial charge in [-0.05, 0) is 64.1 Å². The van der Waals surface area contributed by atoms with Crippen molar-refractivity contribution >= 4 is 28.4 Å². The molecule has 0 aliphatic rings. The summed E-state index contributed by atoms with van der Waals surface area (Å²) in [5.41, 5.74) is 1.19. The van der Waals surface area contributed by atoms with E-state index in [1.807, 2.05) is 18.2 Å². The van der Waals surface area contributed by atoms with Crippen LogP contribution in [0.15, 0.2) is 58.5 Å². The maximum atomic E-state index is 13.3. The van der Waals surface area contributed by atoms with Crippen LogP contribution in [-0.4, -0.2) is 51.7 Å². The first-order valence-electron chi connectivity index (χ1n) is 10.9. The van der Waals surface area contributed by atoms with Crippen LogP contribution in [0.25, 0.3) is 10.9 Å². The Kier molecular flexibility index (Phi) is 8.10. The van der Waals surface area contributed by atoms with E-state index in [2.05, 4.69) is 32.6 Å². The predicted octanol–water partition coefficient (Wildman–Crippen LogP) is 4.50. The Morgan fingerprint density at radius 3 is 2.34 bits per heavy atom. The molecule has 3 aromatic rings. The number of methoxy groups -OCH3 is 1. The lowest BCUT2D eigenvalue weighted by molar-refractivity contribution is 0.102. The van der Waals surface area contributed by atoms with E-state index in [1.165, 1.54) is 11.8 Å². The Bertz CT molecular complexity index is 1120. The quantitative estimate of drug-likeness (QED) is 0.256. The molecule has 0 saturated carbocycles. The monoisotopic (exact) mass is 453 g/mol. The minimum absolute atomic E-state index is 0.0161. The van der Waals surface area contributed by atoms with Gasteiger partial charge in [0, 0.05) is 30.7 Å². The summed E-state index contributed by atoms with van der Waals surface area (Å²) in [6, 6.07) is 15.2. The van der Waals surface area contributed by atoms with Gasteiger partial charge in [-0.1, -0.05) is 23.9 Å². The number of hydrogen-bond acceptors (Lipinski definition) is 6. The molecule has 0 N–H and O–H groups in total. The number of carbonyl (C=O) groups excluding carboxylic acids is 1. The van der Waals surface area contributed by atoms with E-state index in [9.17, 15) is 9.59 Å². The third-order valence-electron chi connectivity index (χ3n) is 5.48. The van der Waals surface area contributed by atoms with Crippen molar-refractivity contribution in [2.75, 3.05) is 19.4 Å². The number of thioether (sulfide) groups is 1. The standard InChI is InChI=1S/C25H31N3O3S/c1-17(2)27(18(3)4)14-15-28-24(30)21-8-6-7-9-22(21)26-25(28)32-16-23(29)19-10-12-20(31-5)13-11-19/h6-13,17-18H,14-16H2,1-5H3. The molecule has 0 radical (unpaired) electrons. The van der Waals surface area contributed by atoms with Gasteiger partial charge in [0.1, 0.15) is 5.75 Å². The maximum absolute atomic E-state index is 13.3.